The molecule has 0 aliphatic heterocycles. The third-order valence-corrected chi connectivity index (χ3v) is 4.36. The van der Waals surface area contributed by atoms with Gasteiger partial charge in [-0.05, 0) is 37.3 Å². The fraction of sp³-hybridized carbons (Fsp3) is 0.600. The minimum absolute atomic E-state index is 0.348. The van der Waals surface area contributed by atoms with Gasteiger partial charge in [-0.1, -0.05) is 49.6 Å². The zero-order valence-corrected chi connectivity index (χ0v) is 11.5. The summed E-state index contributed by atoms with van der Waals surface area (Å²) in [4.78, 5) is 0. The van der Waals surface area contributed by atoms with Crippen molar-refractivity contribution in [1.82, 2.24) is 5.32 Å². The van der Waals surface area contributed by atoms with Crippen molar-refractivity contribution in [2.24, 2.45) is 5.92 Å². The zero-order valence-electron chi connectivity index (χ0n) is 10.7. The molecule has 2 heteroatoms. The fourth-order valence-corrected chi connectivity index (χ4v) is 3.28. The van der Waals surface area contributed by atoms with Crippen molar-refractivity contribution in [3.05, 3.63) is 34.9 Å². The van der Waals surface area contributed by atoms with E-state index in [4.69, 9.17) is 11.6 Å². The van der Waals surface area contributed by atoms with Gasteiger partial charge in [-0.25, -0.2) is 0 Å². The largest absolute Gasteiger partial charge is 0.307 e. The van der Waals surface area contributed by atoms with Gasteiger partial charge < -0.3 is 5.32 Å². The molecule has 2 rings (SSSR count). The topological polar surface area (TPSA) is 12.0 Å². The molecule has 0 spiro atoms. The first-order chi connectivity index (χ1) is 8.22. The fourth-order valence-electron chi connectivity index (χ4n) is 2.98. The molecule has 2 unspecified atom stereocenters. The van der Waals surface area contributed by atoms with Crippen LogP contribution in [0.3, 0.4) is 0 Å². The third-order valence-electron chi connectivity index (χ3n) is 4.02. The number of hydrogen-bond acceptors (Lipinski definition) is 1. The van der Waals surface area contributed by atoms with Gasteiger partial charge in [0.25, 0.3) is 0 Å². The maximum absolute atomic E-state index is 6.23. The van der Waals surface area contributed by atoms with E-state index in [-0.39, 0.29) is 0 Å². The molecule has 0 saturated heterocycles. The summed E-state index contributed by atoms with van der Waals surface area (Å²) in [5.41, 5.74) is 1.22. The van der Waals surface area contributed by atoms with Crippen LogP contribution in [0.2, 0.25) is 5.02 Å². The van der Waals surface area contributed by atoms with E-state index in [1.165, 1.54) is 31.2 Å². The molecule has 1 saturated carbocycles. The smallest absolute Gasteiger partial charge is 0.0453 e. The van der Waals surface area contributed by atoms with Gasteiger partial charge in [0.1, 0.15) is 0 Å². The molecule has 0 radical (unpaired) electrons. The van der Waals surface area contributed by atoms with Crippen LogP contribution >= 0.6 is 11.6 Å². The van der Waals surface area contributed by atoms with Crippen LogP contribution < -0.4 is 5.32 Å². The Balaban J connectivity index is 2.01. The van der Waals surface area contributed by atoms with Crippen molar-refractivity contribution in [1.29, 1.82) is 0 Å². The van der Waals surface area contributed by atoms with Crippen LogP contribution in [-0.2, 0) is 0 Å². The third kappa shape index (κ3) is 3.02. The summed E-state index contributed by atoms with van der Waals surface area (Å²) in [6, 6.07) is 9.16. The maximum Gasteiger partial charge on any atom is 0.0453 e. The quantitative estimate of drug-likeness (QED) is 0.827. The minimum Gasteiger partial charge on any atom is -0.307 e. The first kappa shape index (κ1) is 12.9. The van der Waals surface area contributed by atoms with Crippen molar-refractivity contribution in [2.75, 3.05) is 0 Å². The molecule has 0 aromatic heterocycles. The van der Waals surface area contributed by atoms with E-state index in [0.29, 0.717) is 12.1 Å². The molecule has 0 amide bonds. The number of hydrogen-bond donors (Lipinski definition) is 1. The number of nitrogens with one attached hydrogen (secondary N) is 1. The molecule has 1 aromatic rings. The lowest BCUT2D eigenvalue weighted by Crippen LogP contribution is -2.34. The highest BCUT2D eigenvalue weighted by Gasteiger charge is 2.27. The van der Waals surface area contributed by atoms with Crippen LogP contribution in [0.5, 0.6) is 0 Å². The van der Waals surface area contributed by atoms with E-state index in [1.807, 2.05) is 12.1 Å². The molecular formula is C15H22ClN. The first-order valence-corrected chi connectivity index (χ1v) is 7.10. The summed E-state index contributed by atoms with van der Waals surface area (Å²) >= 11 is 6.23. The van der Waals surface area contributed by atoms with Crippen molar-refractivity contribution in [2.45, 2.75) is 51.6 Å². The molecule has 0 heterocycles. The van der Waals surface area contributed by atoms with Crippen LogP contribution in [0.15, 0.2) is 24.3 Å². The lowest BCUT2D eigenvalue weighted by atomic mass is 9.98. The summed E-state index contributed by atoms with van der Waals surface area (Å²) < 4.78 is 0. The molecule has 1 N–H and O–H groups in total. The van der Waals surface area contributed by atoms with E-state index in [2.05, 4.69) is 31.3 Å². The highest BCUT2D eigenvalue weighted by atomic mass is 35.5. The maximum atomic E-state index is 6.23. The Kier molecular flexibility index (Phi) is 4.47. The van der Waals surface area contributed by atoms with Crippen LogP contribution in [0, 0.1) is 5.92 Å². The predicted molar refractivity (Wildman–Crippen MR) is 74.4 cm³/mol. The van der Waals surface area contributed by atoms with Crippen molar-refractivity contribution in [3.63, 3.8) is 0 Å². The normalized spacial score (nSPS) is 26.1. The molecule has 1 aromatic carbocycles. The summed E-state index contributed by atoms with van der Waals surface area (Å²) in [5.74, 6) is 0.847. The monoisotopic (exact) mass is 251 g/mol. The summed E-state index contributed by atoms with van der Waals surface area (Å²) in [6.07, 6.45) is 5.34. The van der Waals surface area contributed by atoms with E-state index < -0.39 is 0 Å². The lowest BCUT2D eigenvalue weighted by molar-refractivity contribution is 0.360. The Hall–Kier alpha value is -0.530. The van der Waals surface area contributed by atoms with Crippen molar-refractivity contribution in [3.8, 4) is 0 Å². The van der Waals surface area contributed by atoms with Crippen molar-refractivity contribution >= 4 is 11.6 Å². The van der Waals surface area contributed by atoms with Crippen LogP contribution in [0.25, 0.3) is 0 Å². The van der Waals surface area contributed by atoms with Gasteiger partial charge >= 0.3 is 0 Å². The highest BCUT2D eigenvalue weighted by Crippen LogP contribution is 2.31. The van der Waals surface area contributed by atoms with Gasteiger partial charge in [-0.2, -0.15) is 0 Å². The Labute approximate surface area is 110 Å². The van der Waals surface area contributed by atoms with Gasteiger partial charge in [0.15, 0.2) is 0 Å². The minimum atomic E-state index is 0.348. The highest BCUT2D eigenvalue weighted by molar-refractivity contribution is 6.31. The SMILES string of the molecule is CCC1CCCC1N[C@@H](C)c1ccccc1Cl. The van der Waals surface area contributed by atoms with Gasteiger partial charge in [0.2, 0.25) is 0 Å². The summed E-state index contributed by atoms with van der Waals surface area (Å²) in [6.45, 7) is 4.51. The first-order valence-electron chi connectivity index (χ1n) is 6.72. The van der Waals surface area contributed by atoms with E-state index in [1.54, 1.807) is 0 Å². The summed E-state index contributed by atoms with van der Waals surface area (Å²) in [7, 11) is 0. The summed E-state index contributed by atoms with van der Waals surface area (Å²) in [5, 5.41) is 4.63. The second-order valence-electron chi connectivity index (χ2n) is 5.12. The molecule has 1 nitrogen and oxygen atoms in total. The average Bonchev–Trinajstić information content (AvgIpc) is 2.76. The molecule has 1 aliphatic carbocycles. The Morgan fingerprint density at radius 2 is 2.12 bits per heavy atom. The molecule has 3 atom stereocenters. The van der Waals surface area contributed by atoms with E-state index in [0.717, 1.165) is 10.9 Å². The molecule has 0 bridgehead atoms. The van der Waals surface area contributed by atoms with E-state index in [9.17, 15) is 0 Å². The molecule has 17 heavy (non-hydrogen) atoms. The second kappa shape index (κ2) is 5.88. The van der Waals surface area contributed by atoms with Crippen LogP contribution in [-0.4, -0.2) is 6.04 Å². The molecular weight excluding hydrogens is 230 g/mol. The lowest BCUT2D eigenvalue weighted by Gasteiger charge is -2.25. The molecule has 1 aliphatic rings. The van der Waals surface area contributed by atoms with Gasteiger partial charge in [-0.3, -0.25) is 0 Å². The van der Waals surface area contributed by atoms with Crippen molar-refractivity contribution < 1.29 is 0 Å². The van der Waals surface area contributed by atoms with Gasteiger partial charge in [0, 0.05) is 17.1 Å². The predicted octanol–water partition coefficient (Wildman–Crippen LogP) is 4.57. The van der Waals surface area contributed by atoms with Gasteiger partial charge in [-0.15, -0.1) is 0 Å². The number of benzene rings is 1. The molecule has 94 valence electrons. The Bertz CT molecular complexity index is 364. The van der Waals surface area contributed by atoms with Gasteiger partial charge in [0.05, 0.1) is 0 Å². The van der Waals surface area contributed by atoms with Crippen LogP contribution in [0.1, 0.15) is 51.1 Å². The number of halogens is 1. The molecule has 1 fully saturated rings. The average molecular weight is 252 g/mol. The Morgan fingerprint density at radius 3 is 2.82 bits per heavy atom. The second-order valence-corrected chi connectivity index (χ2v) is 5.52. The Morgan fingerprint density at radius 1 is 1.35 bits per heavy atom. The standard InChI is InChI=1S/C15H22ClN/c1-3-12-7-6-10-15(12)17-11(2)13-8-4-5-9-14(13)16/h4-5,8-9,11-12,15,17H,3,6-7,10H2,1-2H3/t11-,12?,15?/m0/s1. The number of rotatable bonds is 4. The van der Waals surface area contributed by atoms with Crippen LogP contribution in [0.4, 0.5) is 0 Å². The zero-order chi connectivity index (χ0) is 12.3. The van der Waals surface area contributed by atoms with E-state index >= 15 is 0 Å².